The molecule has 0 bridgehead atoms. The van der Waals surface area contributed by atoms with Crippen LogP contribution in [0.1, 0.15) is 38.8 Å². The zero-order valence-electron chi connectivity index (χ0n) is 25.3. The van der Waals surface area contributed by atoms with Gasteiger partial charge in [-0.25, -0.2) is 9.59 Å². The summed E-state index contributed by atoms with van der Waals surface area (Å²) >= 11 is 0. The monoisotopic (exact) mass is 581 g/mol. The molecule has 6 aromatic rings. The van der Waals surface area contributed by atoms with E-state index in [0.717, 1.165) is 55.7 Å². The normalized spacial score (nSPS) is 12.0. The molecule has 218 valence electrons. The first-order valence-corrected chi connectivity index (χ1v) is 14.2. The second kappa shape index (κ2) is 10.3. The van der Waals surface area contributed by atoms with Crippen LogP contribution in [0.4, 0.5) is 0 Å². The molecule has 0 saturated heterocycles. The zero-order valence-corrected chi connectivity index (χ0v) is 25.3. The van der Waals surface area contributed by atoms with E-state index in [1.54, 1.807) is 28.6 Å². The van der Waals surface area contributed by atoms with Crippen molar-refractivity contribution in [3.8, 4) is 22.9 Å². The van der Waals surface area contributed by atoms with Crippen LogP contribution in [0.25, 0.3) is 49.7 Å². The highest BCUT2D eigenvalue weighted by atomic mass is 16.6. The van der Waals surface area contributed by atoms with E-state index in [0.29, 0.717) is 11.2 Å². The average Bonchev–Trinajstić information content (AvgIpc) is 3.29. The molecule has 0 saturated carbocycles. The van der Waals surface area contributed by atoms with Crippen LogP contribution in [0.5, 0.6) is 0 Å². The third kappa shape index (κ3) is 4.63. The average molecular weight is 582 g/mol. The number of aromatic nitrogens is 4. The molecule has 3 heterocycles. The molecule has 3 aromatic heterocycles. The number of nitriles is 1. The second-order valence-electron chi connectivity index (χ2n) is 11.9. The maximum absolute atomic E-state index is 13.6. The quantitative estimate of drug-likeness (QED) is 0.157. The van der Waals surface area contributed by atoms with Gasteiger partial charge in [0.05, 0.1) is 45.4 Å². The van der Waals surface area contributed by atoms with E-state index < -0.39 is 17.0 Å². The lowest BCUT2D eigenvalue weighted by molar-refractivity contribution is -0.150. The third-order valence-electron chi connectivity index (χ3n) is 8.23. The summed E-state index contributed by atoms with van der Waals surface area (Å²) in [5, 5.41) is 11.3. The molecule has 0 aliphatic heterocycles. The largest absolute Gasteiger partial charge is 0.452 e. The topological polar surface area (TPSA) is 103 Å². The molecule has 0 aliphatic carbocycles. The highest BCUT2D eigenvalue weighted by Crippen LogP contribution is 2.34. The fourth-order valence-corrected chi connectivity index (χ4v) is 5.66. The fraction of sp³-hybridized carbons (Fsp3) is 0.194. The number of nitrogens with zero attached hydrogens (tertiary/aromatic N) is 5. The molecule has 3 aromatic carbocycles. The summed E-state index contributed by atoms with van der Waals surface area (Å²) in [5.41, 5.74) is 5.39. The number of hydrogen-bond donors (Lipinski definition) is 0. The van der Waals surface area contributed by atoms with Crippen molar-refractivity contribution in [2.75, 3.05) is 0 Å². The number of aryl methyl sites for hydroxylation is 1. The second-order valence-corrected chi connectivity index (χ2v) is 11.9. The molecule has 0 atom stereocenters. The molecule has 44 heavy (non-hydrogen) atoms. The number of hydrogen-bond acceptors (Lipinski definition) is 6. The van der Waals surface area contributed by atoms with Crippen LogP contribution in [0.2, 0.25) is 0 Å². The highest BCUT2D eigenvalue weighted by Gasteiger charge is 2.27. The Morgan fingerprint density at radius 2 is 1.73 bits per heavy atom. The summed E-state index contributed by atoms with van der Waals surface area (Å²) in [6, 6.07) is 23.7. The van der Waals surface area contributed by atoms with Gasteiger partial charge in [-0.15, -0.1) is 0 Å². The summed E-state index contributed by atoms with van der Waals surface area (Å²) in [5.74, 6) is -0.499. The standard InChI is InChI=1S/C36H31N5O3/c1-7-31(42)44-36(4,5)28-10-8-9-23-17-24(19-39-32(23)28)22-11-16-29-27(18-22)33-30(20-38-29)40(6)34(43)41(33)26-14-12-25(13-15-26)35(2,3)21-37/h7-20H,1H2,2-6H3. The SMILES string of the molecule is C=CC(=O)OC(C)(C)c1cccc2cc(-c3ccc4ncc5c(c4c3)n(-c3ccc(C(C)(C)C#N)cc3)c(=O)n5C)cnc12. The van der Waals surface area contributed by atoms with Crippen molar-refractivity contribution in [2.24, 2.45) is 7.05 Å². The first-order chi connectivity index (χ1) is 20.9. The molecule has 0 N–H and O–H groups in total. The number of fused-ring (bicyclic) bond motifs is 4. The summed E-state index contributed by atoms with van der Waals surface area (Å²) < 4.78 is 8.92. The first kappa shape index (κ1) is 28.6. The van der Waals surface area contributed by atoms with Gasteiger partial charge in [0.2, 0.25) is 0 Å². The van der Waals surface area contributed by atoms with Gasteiger partial charge < -0.3 is 4.74 Å². The molecule has 0 unspecified atom stereocenters. The van der Waals surface area contributed by atoms with E-state index in [1.807, 2.05) is 88.4 Å². The highest BCUT2D eigenvalue weighted by molar-refractivity contribution is 6.05. The minimum Gasteiger partial charge on any atom is -0.452 e. The van der Waals surface area contributed by atoms with Crippen molar-refractivity contribution in [3.05, 3.63) is 113 Å². The van der Waals surface area contributed by atoms with Gasteiger partial charge in [0, 0.05) is 41.2 Å². The first-order valence-electron chi connectivity index (χ1n) is 14.2. The van der Waals surface area contributed by atoms with Gasteiger partial charge in [-0.2, -0.15) is 5.26 Å². The van der Waals surface area contributed by atoms with E-state index in [1.165, 1.54) is 0 Å². The van der Waals surface area contributed by atoms with Gasteiger partial charge >= 0.3 is 11.7 Å². The lowest BCUT2D eigenvalue weighted by atomic mass is 9.86. The van der Waals surface area contributed by atoms with Crippen LogP contribution < -0.4 is 5.69 Å². The zero-order chi connectivity index (χ0) is 31.4. The molecule has 0 fully saturated rings. The minimum absolute atomic E-state index is 0.188. The summed E-state index contributed by atoms with van der Waals surface area (Å²) in [6.07, 6.45) is 4.68. The van der Waals surface area contributed by atoms with Crippen LogP contribution >= 0.6 is 0 Å². The number of esters is 1. The molecule has 8 heteroatoms. The van der Waals surface area contributed by atoms with Gasteiger partial charge in [-0.05, 0) is 69.2 Å². The van der Waals surface area contributed by atoms with Crippen molar-refractivity contribution >= 4 is 38.8 Å². The number of pyridine rings is 2. The van der Waals surface area contributed by atoms with Gasteiger partial charge in [-0.1, -0.05) is 43.0 Å². The van der Waals surface area contributed by atoms with Gasteiger partial charge in [0.15, 0.2) is 0 Å². The Balaban J connectivity index is 1.51. The Labute approximate surface area is 254 Å². The molecule has 0 radical (unpaired) electrons. The third-order valence-corrected chi connectivity index (χ3v) is 8.23. The molecule has 6 rings (SSSR count). The number of para-hydroxylation sites is 1. The predicted molar refractivity (Wildman–Crippen MR) is 173 cm³/mol. The van der Waals surface area contributed by atoms with Crippen molar-refractivity contribution < 1.29 is 9.53 Å². The van der Waals surface area contributed by atoms with E-state index in [2.05, 4.69) is 23.7 Å². The smallest absolute Gasteiger partial charge is 0.333 e. The molecular formula is C36H31N5O3. The van der Waals surface area contributed by atoms with E-state index in [-0.39, 0.29) is 5.69 Å². The lowest BCUT2D eigenvalue weighted by Gasteiger charge is -2.26. The van der Waals surface area contributed by atoms with E-state index >= 15 is 0 Å². The van der Waals surface area contributed by atoms with Gasteiger partial charge in [0.1, 0.15) is 5.60 Å². The van der Waals surface area contributed by atoms with Crippen LogP contribution in [0, 0.1) is 11.3 Å². The number of carbonyl (C=O) groups is 1. The van der Waals surface area contributed by atoms with Crippen LogP contribution in [0.15, 0.2) is 96.6 Å². The Hall–Kier alpha value is -5.55. The van der Waals surface area contributed by atoms with Crippen LogP contribution in [-0.4, -0.2) is 25.1 Å². The molecular weight excluding hydrogens is 550 g/mol. The minimum atomic E-state index is -0.904. The maximum atomic E-state index is 13.6. The number of benzene rings is 3. The van der Waals surface area contributed by atoms with Crippen molar-refractivity contribution in [3.63, 3.8) is 0 Å². The Morgan fingerprint density at radius 1 is 0.977 bits per heavy atom. The maximum Gasteiger partial charge on any atom is 0.333 e. The summed E-state index contributed by atoms with van der Waals surface area (Å²) in [6.45, 7) is 10.9. The Morgan fingerprint density at radius 3 is 2.43 bits per heavy atom. The molecule has 0 amide bonds. The van der Waals surface area contributed by atoms with Gasteiger partial charge in [0.25, 0.3) is 0 Å². The number of ether oxygens (including phenoxy) is 1. The molecule has 0 spiro atoms. The van der Waals surface area contributed by atoms with Crippen molar-refractivity contribution in [1.29, 1.82) is 5.26 Å². The van der Waals surface area contributed by atoms with Gasteiger partial charge in [-0.3, -0.25) is 19.1 Å². The summed E-state index contributed by atoms with van der Waals surface area (Å²) in [7, 11) is 1.74. The van der Waals surface area contributed by atoms with Crippen molar-refractivity contribution in [1.82, 2.24) is 19.1 Å². The predicted octanol–water partition coefficient (Wildman–Crippen LogP) is 6.86. The fourth-order valence-electron chi connectivity index (χ4n) is 5.66. The lowest BCUT2D eigenvalue weighted by Crippen LogP contribution is -2.25. The van der Waals surface area contributed by atoms with E-state index in [9.17, 15) is 14.9 Å². The number of imidazole rings is 1. The van der Waals surface area contributed by atoms with Crippen LogP contribution in [0.3, 0.4) is 0 Å². The summed E-state index contributed by atoms with van der Waals surface area (Å²) in [4.78, 5) is 35.0. The number of carbonyl (C=O) groups excluding carboxylic acids is 1. The Kier molecular flexibility index (Phi) is 6.70. The molecule has 8 nitrogen and oxygen atoms in total. The van der Waals surface area contributed by atoms with Crippen molar-refractivity contribution in [2.45, 2.75) is 38.7 Å². The number of rotatable bonds is 6. The van der Waals surface area contributed by atoms with Crippen LogP contribution in [-0.2, 0) is 27.6 Å². The van der Waals surface area contributed by atoms with E-state index in [4.69, 9.17) is 9.72 Å². The molecule has 0 aliphatic rings. The Bertz CT molecular complexity index is 2230.